The first-order valence-corrected chi connectivity index (χ1v) is 8.97. The summed E-state index contributed by atoms with van der Waals surface area (Å²) < 4.78 is 57.4. The quantitative estimate of drug-likeness (QED) is 0.276. The second kappa shape index (κ2) is 10.5. The van der Waals surface area contributed by atoms with Crippen molar-refractivity contribution in [2.75, 3.05) is 27.2 Å². The van der Waals surface area contributed by atoms with Gasteiger partial charge in [0.25, 0.3) is 5.91 Å². The second-order valence-electron chi connectivity index (χ2n) is 6.14. The van der Waals surface area contributed by atoms with Gasteiger partial charge in [-0.1, -0.05) is 6.07 Å². The van der Waals surface area contributed by atoms with Crippen LogP contribution in [-0.4, -0.2) is 39.1 Å². The SMILES string of the molecule is CN=C(NCCNC(=O)c1ccc(OC)cc1)NCc1ccc(F)cc1C(F)(F)F. The molecule has 0 aliphatic rings. The van der Waals surface area contributed by atoms with Gasteiger partial charge in [-0.2, -0.15) is 13.2 Å². The molecule has 0 aliphatic carbocycles. The number of carbonyl (C=O) groups is 1. The largest absolute Gasteiger partial charge is 0.497 e. The van der Waals surface area contributed by atoms with E-state index in [1.54, 1.807) is 24.3 Å². The van der Waals surface area contributed by atoms with E-state index in [4.69, 9.17) is 4.74 Å². The van der Waals surface area contributed by atoms with Crippen LogP contribution in [0.5, 0.6) is 5.75 Å². The van der Waals surface area contributed by atoms with Gasteiger partial charge in [-0.25, -0.2) is 4.39 Å². The maximum Gasteiger partial charge on any atom is 0.416 e. The van der Waals surface area contributed by atoms with E-state index < -0.39 is 17.6 Å². The van der Waals surface area contributed by atoms with Crippen LogP contribution in [0.3, 0.4) is 0 Å². The predicted molar refractivity (Wildman–Crippen MR) is 105 cm³/mol. The normalized spacial score (nSPS) is 11.7. The fourth-order valence-corrected chi connectivity index (χ4v) is 2.57. The minimum atomic E-state index is -4.66. The van der Waals surface area contributed by atoms with Gasteiger partial charge in [-0.05, 0) is 42.0 Å². The Bertz CT molecular complexity index is 883. The minimum absolute atomic E-state index is 0.111. The first-order chi connectivity index (χ1) is 14.2. The second-order valence-corrected chi connectivity index (χ2v) is 6.14. The molecule has 10 heteroatoms. The third-order valence-corrected chi connectivity index (χ3v) is 4.10. The van der Waals surface area contributed by atoms with Crippen LogP contribution >= 0.6 is 0 Å². The number of hydrogen-bond donors (Lipinski definition) is 3. The van der Waals surface area contributed by atoms with Gasteiger partial charge in [-0.15, -0.1) is 0 Å². The van der Waals surface area contributed by atoms with E-state index in [1.165, 1.54) is 14.2 Å². The number of benzene rings is 2. The molecule has 1 amide bonds. The number of methoxy groups -OCH3 is 1. The Morgan fingerprint density at radius 2 is 1.70 bits per heavy atom. The number of halogens is 4. The molecule has 0 spiro atoms. The predicted octanol–water partition coefficient (Wildman–Crippen LogP) is 2.95. The zero-order valence-electron chi connectivity index (χ0n) is 16.4. The number of alkyl halides is 3. The number of amides is 1. The van der Waals surface area contributed by atoms with Crippen molar-refractivity contribution in [2.24, 2.45) is 4.99 Å². The topological polar surface area (TPSA) is 74.8 Å². The van der Waals surface area contributed by atoms with Crippen molar-refractivity contribution >= 4 is 11.9 Å². The van der Waals surface area contributed by atoms with E-state index in [9.17, 15) is 22.4 Å². The van der Waals surface area contributed by atoms with Crippen LogP contribution in [0.1, 0.15) is 21.5 Å². The lowest BCUT2D eigenvalue weighted by Crippen LogP contribution is -2.41. The van der Waals surface area contributed by atoms with E-state index in [0.29, 0.717) is 17.4 Å². The summed E-state index contributed by atoms with van der Waals surface area (Å²) in [4.78, 5) is 16.0. The summed E-state index contributed by atoms with van der Waals surface area (Å²) in [6.45, 7) is 0.347. The van der Waals surface area contributed by atoms with Crippen LogP contribution in [0.2, 0.25) is 0 Å². The number of nitrogens with zero attached hydrogens (tertiary/aromatic N) is 1. The molecule has 0 radical (unpaired) electrons. The Balaban J connectivity index is 1.82. The van der Waals surface area contributed by atoms with E-state index in [1.807, 2.05) is 0 Å². The molecular formula is C20H22F4N4O2. The fourth-order valence-electron chi connectivity index (χ4n) is 2.57. The van der Waals surface area contributed by atoms with Crippen LogP contribution in [0, 0.1) is 5.82 Å². The molecule has 0 aromatic heterocycles. The van der Waals surface area contributed by atoms with Gasteiger partial charge < -0.3 is 20.7 Å². The average molecular weight is 426 g/mol. The number of guanidine groups is 1. The smallest absolute Gasteiger partial charge is 0.416 e. The summed E-state index contributed by atoms with van der Waals surface area (Å²) in [5.74, 6) is -0.353. The molecule has 3 N–H and O–H groups in total. The van der Waals surface area contributed by atoms with Gasteiger partial charge in [0.15, 0.2) is 5.96 Å². The molecule has 0 atom stereocenters. The van der Waals surface area contributed by atoms with Crippen LogP contribution in [0.25, 0.3) is 0 Å². The standard InChI is InChI=1S/C20H22F4N4O2/c1-25-19(28-12-14-3-6-15(21)11-17(14)20(22,23)24)27-10-9-26-18(29)13-4-7-16(30-2)8-5-13/h3-8,11H,9-10,12H2,1-2H3,(H,26,29)(H2,25,27,28). The maximum absolute atomic E-state index is 13.2. The van der Waals surface area contributed by atoms with Gasteiger partial charge in [-0.3, -0.25) is 9.79 Å². The molecule has 162 valence electrons. The lowest BCUT2D eigenvalue weighted by atomic mass is 10.1. The van der Waals surface area contributed by atoms with E-state index >= 15 is 0 Å². The minimum Gasteiger partial charge on any atom is -0.497 e. The Morgan fingerprint density at radius 3 is 2.30 bits per heavy atom. The van der Waals surface area contributed by atoms with Gasteiger partial charge >= 0.3 is 6.18 Å². The first kappa shape index (κ1) is 23.0. The highest BCUT2D eigenvalue weighted by Gasteiger charge is 2.33. The number of carbonyl (C=O) groups excluding carboxylic acids is 1. The zero-order valence-corrected chi connectivity index (χ0v) is 16.4. The van der Waals surface area contributed by atoms with Crippen LogP contribution in [-0.2, 0) is 12.7 Å². The number of aliphatic imine (C=N–C) groups is 1. The van der Waals surface area contributed by atoms with Gasteiger partial charge in [0.2, 0.25) is 0 Å². The maximum atomic E-state index is 13.2. The highest BCUT2D eigenvalue weighted by atomic mass is 19.4. The summed E-state index contributed by atoms with van der Waals surface area (Å²) in [7, 11) is 2.99. The molecule has 0 unspecified atom stereocenters. The van der Waals surface area contributed by atoms with Crippen molar-refractivity contribution in [3.63, 3.8) is 0 Å². The summed E-state index contributed by atoms with van der Waals surface area (Å²) in [6.07, 6.45) is -4.66. The van der Waals surface area contributed by atoms with E-state index in [2.05, 4.69) is 20.9 Å². The Kier molecular flexibility index (Phi) is 8.02. The molecule has 6 nitrogen and oxygen atoms in total. The first-order valence-electron chi connectivity index (χ1n) is 8.97. The van der Waals surface area contributed by atoms with Crippen LogP contribution in [0.4, 0.5) is 17.6 Å². The highest BCUT2D eigenvalue weighted by molar-refractivity contribution is 5.94. The Labute approximate surface area is 171 Å². The molecule has 0 saturated heterocycles. The summed E-state index contributed by atoms with van der Waals surface area (Å²) >= 11 is 0. The number of rotatable bonds is 7. The van der Waals surface area contributed by atoms with Crippen LogP contribution < -0.4 is 20.7 Å². The van der Waals surface area contributed by atoms with Crippen molar-refractivity contribution in [2.45, 2.75) is 12.7 Å². The molecule has 2 rings (SSSR count). The molecule has 0 saturated carbocycles. The van der Waals surface area contributed by atoms with Gasteiger partial charge in [0.05, 0.1) is 12.7 Å². The van der Waals surface area contributed by atoms with Gasteiger partial charge in [0.1, 0.15) is 11.6 Å². The summed E-state index contributed by atoms with van der Waals surface area (Å²) in [6, 6.07) is 9.10. The Morgan fingerprint density at radius 1 is 1.03 bits per heavy atom. The van der Waals surface area contributed by atoms with E-state index in [-0.39, 0.29) is 37.1 Å². The molecule has 0 aliphatic heterocycles. The molecule has 0 bridgehead atoms. The average Bonchev–Trinajstić information content (AvgIpc) is 2.73. The highest BCUT2D eigenvalue weighted by Crippen LogP contribution is 2.32. The molecule has 2 aromatic rings. The lowest BCUT2D eigenvalue weighted by molar-refractivity contribution is -0.138. The fraction of sp³-hybridized carbons (Fsp3) is 0.300. The van der Waals surface area contributed by atoms with Crippen molar-refractivity contribution in [3.05, 3.63) is 65.0 Å². The van der Waals surface area contributed by atoms with E-state index in [0.717, 1.165) is 12.1 Å². The van der Waals surface area contributed by atoms with Crippen molar-refractivity contribution < 1.29 is 27.1 Å². The monoisotopic (exact) mass is 426 g/mol. The van der Waals surface area contributed by atoms with Crippen molar-refractivity contribution in [1.29, 1.82) is 0 Å². The molecule has 30 heavy (non-hydrogen) atoms. The van der Waals surface area contributed by atoms with Crippen molar-refractivity contribution in [1.82, 2.24) is 16.0 Å². The van der Waals surface area contributed by atoms with Crippen LogP contribution in [0.15, 0.2) is 47.5 Å². The molecule has 2 aromatic carbocycles. The zero-order chi connectivity index (χ0) is 22.1. The third kappa shape index (κ3) is 6.64. The molecule has 0 fully saturated rings. The number of hydrogen-bond acceptors (Lipinski definition) is 3. The molecule has 0 heterocycles. The third-order valence-electron chi connectivity index (χ3n) is 4.10. The summed E-state index contributed by atoms with van der Waals surface area (Å²) in [5, 5.41) is 8.33. The molecular weight excluding hydrogens is 404 g/mol. The number of nitrogens with one attached hydrogen (secondary N) is 3. The van der Waals surface area contributed by atoms with Crippen molar-refractivity contribution in [3.8, 4) is 5.75 Å². The lowest BCUT2D eigenvalue weighted by Gasteiger charge is -2.16. The number of ether oxygens (including phenoxy) is 1. The van der Waals surface area contributed by atoms with Gasteiger partial charge in [0, 0.05) is 32.2 Å². The summed E-state index contributed by atoms with van der Waals surface area (Å²) in [5.41, 5.74) is -0.689. The Hall–Kier alpha value is -3.30.